The number of carbonyl (C=O) groups excluding carboxylic acids is 1. The van der Waals surface area contributed by atoms with Crippen molar-refractivity contribution in [3.05, 3.63) is 29.0 Å². The number of β-lactam (4-membered cyclic amide) rings is 1. The molecule has 0 aliphatic carbocycles. The van der Waals surface area contributed by atoms with E-state index in [1.54, 1.807) is 6.07 Å². The lowest BCUT2D eigenvalue weighted by molar-refractivity contribution is -0.123. The van der Waals surface area contributed by atoms with Gasteiger partial charge in [-0.05, 0) is 18.2 Å². The molecule has 2 N–H and O–H groups in total. The Hall–Kier alpha value is -1.13. The maximum atomic E-state index is 13.0. The van der Waals surface area contributed by atoms with Gasteiger partial charge in [-0.15, -0.1) is 0 Å². The fourth-order valence-corrected chi connectivity index (χ4v) is 1.46. The van der Waals surface area contributed by atoms with E-state index in [9.17, 15) is 9.18 Å². The van der Waals surface area contributed by atoms with E-state index in [4.69, 9.17) is 17.3 Å². The summed E-state index contributed by atoms with van der Waals surface area (Å²) in [6.45, 7) is 0.430. The molecular formula is C9H8ClFN2O. The summed E-state index contributed by atoms with van der Waals surface area (Å²) in [7, 11) is 0. The van der Waals surface area contributed by atoms with Gasteiger partial charge in [-0.2, -0.15) is 0 Å². The highest BCUT2D eigenvalue weighted by Crippen LogP contribution is 2.25. The molecule has 1 amide bonds. The average Bonchev–Trinajstić information content (AvgIpc) is 2.18. The standard InChI is InChI=1S/C9H8ClFN2O/c10-6-2-1-5(3-7(6)11)13-4-8(12)9(13)14/h1-3,8H,4,12H2. The number of rotatable bonds is 1. The van der Waals surface area contributed by atoms with E-state index in [0.717, 1.165) is 0 Å². The molecule has 1 atom stereocenters. The number of nitrogens with zero attached hydrogens (tertiary/aromatic N) is 1. The lowest BCUT2D eigenvalue weighted by atomic mass is 10.1. The molecule has 1 aliphatic rings. The molecule has 1 unspecified atom stereocenters. The second kappa shape index (κ2) is 3.22. The smallest absolute Gasteiger partial charge is 0.245 e. The Bertz CT molecular complexity index is 396. The van der Waals surface area contributed by atoms with Gasteiger partial charge in [0, 0.05) is 5.69 Å². The molecule has 1 aromatic rings. The van der Waals surface area contributed by atoms with Crippen molar-refractivity contribution < 1.29 is 9.18 Å². The third-order valence-corrected chi connectivity index (χ3v) is 2.48. The van der Waals surface area contributed by atoms with Crippen LogP contribution in [-0.2, 0) is 4.79 Å². The number of hydrogen-bond donors (Lipinski definition) is 1. The number of nitrogens with two attached hydrogens (primary N) is 1. The maximum absolute atomic E-state index is 13.0. The summed E-state index contributed by atoms with van der Waals surface area (Å²) in [5, 5.41) is 0.0472. The highest BCUT2D eigenvalue weighted by Gasteiger charge is 2.34. The van der Waals surface area contributed by atoms with Crippen LogP contribution < -0.4 is 10.6 Å². The molecular weight excluding hydrogens is 207 g/mol. The Morgan fingerprint density at radius 3 is 2.79 bits per heavy atom. The van der Waals surface area contributed by atoms with Crippen molar-refractivity contribution in [2.45, 2.75) is 6.04 Å². The summed E-state index contributed by atoms with van der Waals surface area (Å²) in [6, 6.07) is 3.79. The summed E-state index contributed by atoms with van der Waals surface area (Å²) in [5.74, 6) is -0.718. The molecule has 0 radical (unpaired) electrons. The molecule has 2 rings (SSSR count). The number of carbonyl (C=O) groups is 1. The number of amides is 1. The first-order chi connectivity index (χ1) is 6.59. The van der Waals surface area contributed by atoms with Crippen LogP contribution in [0, 0.1) is 5.82 Å². The first kappa shape index (κ1) is 9.43. The van der Waals surface area contributed by atoms with Crippen molar-refractivity contribution in [1.82, 2.24) is 0 Å². The molecule has 74 valence electrons. The maximum Gasteiger partial charge on any atom is 0.245 e. The lowest BCUT2D eigenvalue weighted by Crippen LogP contribution is -2.61. The van der Waals surface area contributed by atoms with Gasteiger partial charge in [-0.1, -0.05) is 11.6 Å². The van der Waals surface area contributed by atoms with Gasteiger partial charge in [0.25, 0.3) is 0 Å². The molecule has 14 heavy (non-hydrogen) atoms. The Morgan fingerprint density at radius 1 is 1.57 bits per heavy atom. The first-order valence-corrected chi connectivity index (χ1v) is 4.49. The highest BCUT2D eigenvalue weighted by molar-refractivity contribution is 6.30. The number of halogens is 2. The van der Waals surface area contributed by atoms with E-state index in [-0.39, 0.29) is 10.9 Å². The zero-order valence-corrected chi connectivity index (χ0v) is 7.96. The Balaban J connectivity index is 2.26. The summed E-state index contributed by atoms with van der Waals surface area (Å²) in [6.07, 6.45) is 0. The van der Waals surface area contributed by atoms with Crippen LogP contribution in [0.1, 0.15) is 0 Å². The van der Waals surface area contributed by atoms with E-state index in [1.807, 2.05) is 0 Å². The molecule has 3 nitrogen and oxygen atoms in total. The minimum absolute atomic E-state index is 0.0472. The van der Waals surface area contributed by atoms with Crippen molar-refractivity contribution in [3.8, 4) is 0 Å². The number of benzene rings is 1. The quantitative estimate of drug-likeness (QED) is 0.713. The minimum atomic E-state index is -0.530. The van der Waals surface area contributed by atoms with E-state index < -0.39 is 11.9 Å². The first-order valence-electron chi connectivity index (χ1n) is 4.11. The fourth-order valence-electron chi connectivity index (χ4n) is 1.34. The molecule has 0 aromatic heterocycles. The molecule has 1 aromatic carbocycles. The summed E-state index contributed by atoms with van der Waals surface area (Å²) in [5.41, 5.74) is 5.91. The van der Waals surface area contributed by atoms with Crippen molar-refractivity contribution in [3.63, 3.8) is 0 Å². The van der Waals surface area contributed by atoms with Crippen LogP contribution in [0.15, 0.2) is 18.2 Å². The van der Waals surface area contributed by atoms with E-state index in [0.29, 0.717) is 12.2 Å². The Labute approximate surface area is 85.3 Å². The molecule has 5 heteroatoms. The van der Waals surface area contributed by atoms with Crippen LogP contribution in [0.25, 0.3) is 0 Å². The van der Waals surface area contributed by atoms with E-state index in [2.05, 4.69) is 0 Å². The van der Waals surface area contributed by atoms with Crippen molar-refractivity contribution >= 4 is 23.2 Å². The molecule has 0 spiro atoms. The molecule has 0 saturated carbocycles. The zero-order chi connectivity index (χ0) is 10.3. The van der Waals surface area contributed by atoms with Crippen LogP contribution in [0.3, 0.4) is 0 Å². The monoisotopic (exact) mass is 214 g/mol. The topological polar surface area (TPSA) is 46.3 Å². The van der Waals surface area contributed by atoms with Crippen LogP contribution >= 0.6 is 11.6 Å². The van der Waals surface area contributed by atoms with Gasteiger partial charge in [0.05, 0.1) is 11.6 Å². The van der Waals surface area contributed by atoms with E-state index in [1.165, 1.54) is 17.0 Å². The van der Waals surface area contributed by atoms with Gasteiger partial charge < -0.3 is 10.6 Å². The zero-order valence-electron chi connectivity index (χ0n) is 7.21. The normalized spacial score (nSPS) is 20.9. The predicted molar refractivity (Wildman–Crippen MR) is 51.7 cm³/mol. The third-order valence-electron chi connectivity index (χ3n) is 2.18. The second-order valence-electron chi connectivity index (χ2n) is 3.15. The minimum Gasteiger partial charge on any atom is -0.318 e. The van der Waals surface area contributed by atoms with Crippen LogP contribution in [-0.4, -0.2) is 18.5 Å². The van der Waals surface area contributed by atoms with Crippen molar-refractivity contribution in [2.75, 3.05) is 11.4 Å². The molecule has 1 aliphatic heterocycles. The predicted octanol–water partition coefficient (Wildman–Crippen LogP) is 1.15. The SMILES string of the molecule is NC1CN(c2ccc(Cl)c(F)c2)C1=O. The van der Waals surface area contributed by atoms with Crippen LogP contribution in [0.4, 0.5) is 10.1 Å². The van der Waals surface area contributed by atoms with Crippen LogP contribution in [0.2, 0.25) is 5.02 Å². The van der Waals surface area contributed by atoms with Crippen molar-refractivity contribution in [2.24, 2.45) is 5.73 Å². The largest absolute Gasteiger partial charge is 0.318 e. The molecule has 1 heterocycles. The van der Waals surface area contributed by atoms with Gasteiger partial charge in [-0.25, -0.2) is 4.39 Å². The summed E-state index contributed by atoms with van der Waals surface area (Å²) >= 11 is 5.51. The number of hydrogen-bond acceptors (Lipinski definition) is 2. The van der Waals surface area contributed by atoms with Gasteiger partial charge in [0.1, 0.15) is 11.9 Å². The van der Waals surface area contributed by atoms with Gasteiger partial charge in [-0.3, -0.25) is 4.79 Å². The van der Waals surface area contributed by atoms with Gasteiger partial charge in [0.15, 0.2) is 0 Å². The summed E-state index contributed by atoms with van der Waals surface area (Å²) in [4.78, 5) is 12.6. The van der Waals surface area contributed by atoms with Crippen molar-refractivity contribution in [1.29, 1.82) is 0 Å². The van der Waals surface area contributed by atoms with E-state index >= 15 is 0 Å². The number of anilines is 1. The summed E-state index contributed by atoms with van der Waals surface area (Å²) < 4.78 is 13.0. The highest BCUT2D eigenvalue weighted by atomic mass is 35.5. The average molecular weight is 215 g/mol. The Morgan fingerprint density at radius 2 is 2.29 bits per heavy atom. The van der Waals surface area contributed by atoms with Crippen LogP contribution in [0.5, 0.6) is 0 Å². The second-order valence-corrected chi connectivity index (χ2v) is 3.56. The fraction of sp³-hybridized carbons (Fsp3) is 0.222. The Kier molecular flexibility index (Phi) is 2.17. The molecule has 1 saturated heterocycles. The van der Waals surface area contributed by atoms with Gasteiger partial charge in [0.2, 0.25) is 5.91 Å². The lowest BCUT2D eigenvalue weighted by Gasteiger charge is -2.36. The third kappa shape index (κ3) is 1.36. The van der Waals surface area contributed by atoms with Gasteiger partial charge >= 0.3 is 0 Å². The molecule has 0 bridgehead atoms. The molecule has 1 fully saturated rings.